The van der Waals surface area contributed by atoms with E-state index in [-0.39, 0.29) is 11.0 Å². The van der Waals surface area contributed by atoms with E-state index in [9.17, 15) is 0 Å². The standard InChI is InChI=1S/C14H25N3S/c1-10-8-14(15,6-7-17(10)5)12-16-11(9-18-12)13(2,3)4/h9-10H,6-8,15H2,1-5H3. The molecule has 2 unspecified atom stereocenters. The fraction of sp³-hybridized carbons (Fsp3) is 0.786. The van der Waals surface area contributed by atoms with Crippen LogP contribution >= 0.6 is 11.3 Å². The minimum Gasteiger partial charge on any atom is -0.319 e. The highest BCUT2D eigenvalue weighted by Crippen LogP contribution is 2.36. The predicted octanol–water partition coefficient (Wildman–Crippen LogP) is 2.71. The molecular formula is C14H25N3S. The Morgan fingerprint density at radius 3 is 2.67 bits per heavy atom. The number of likely N-dealkylation sites (tertiary alicyclic amines) is 1. The summed E-state index contributed by atoms with van der Waals surface area (Å²) in [6, 6.07) is 0.533. The summed E-state index contributed by atoms with van der Waals surface area (Å²) in [4.78, 5) is 7.19. The van der Waals surface area contributed by atoms with Crippen LogP contribution in [-0.2, 0) is 11.0 Å². The van der Waals surface area contributed by atoms with Crippen molar-refractivity contribution in [1.82, 2.24) is 9.88 Å². The van der Waals surface area contributed by atoms with Crippen LogP contribution in [0.2, 0.25) is 0 Å². The van der Waals surface area contributed by atoms with E-state index >= 15 is 0 Å². The Kier molecular flexibility index (Phi) is 3.56. The Hall–Kier alpha value is -0.450. The maximum atomic E-state index is 6.61. The molecule has 1 aliphatic heterocycles. The van der Waals surface area contributed by atoms with E-state index in [1.807, 2.05) is 0 Å². The zero-order valence-corrected chi connectivity index (χ0v) is 13.0. The van der Waals surface area contributed by atoms with Crippen LogP contribution in [0.1, 0.15) is 51.2 Å². The summed E-state index contributed by atoms with van der Waals surface area (Å²) < 4.78 is 0. The minimum atomic E-state index is -0.222. The first-order valence-electron chi connectivity index (χ1n) is 6.68. The molecule has 0 radical (unpaired) electrons. The van der Waals surface area contributed by atoms with E-state index < -0.39 is 0 Å². The van der Waals surface area contributed by atoms with E-state index in [1.54, 1.807) is 11.3 Å². The van der Waals surface area contributed by atoms with E-state index in [1.165, 1.54) is 5.69 Å². The molecule has 0 amide bonds. The van der Waals surface area contributed by atoms with Gasteiger partial charge in [-0.05, 0) is 26.8 Å². The van der Waals surface area contributed by atoms with Crippen molar-refractivity contribution < 1.29 is 0 Å². The Labute approximate surface area is 114 Å². The molecule has 0 aromatic carbocycles. The smallest absolute Gasteiger partial charge is 0.113 e. The van der Waals surface area contributed by atoms with Crippen LogP contribution in [0.3, 0.4) is 0 Å². The zero-order valence-electron chi connectivity index (χ0n) is 12.2. The van der Waals surface area contributed by atoms with Gasteiger partial charge in [0.05, 0.1) is 11.2 Å². The molecule has 2 atom stereocenters. The lowest BCUT2D eigenvalue weighted by Gasteiger charge is -2.40. The second-order valence-corrected chi connectivity index (χ2v) is 7.59. The molecule has 0 spiro atoms. The Bertz CT molecular complexity index is 421. The Balaban J connectivity index is 2.23. The van der Waals surface area contributed by atoms with Crippen molar-refractivity contribution in [2.24, 2.45) is 5.73 Å². The first kappa shape index (κ1) is 14.0. The number of hydrogen-bond donors (Lipinski definition) is 1. The third-order valence-corrected chi connectivity index (χ3v) is 5.08. The first-order chi connectivity index (χ1) is 8.22. The summed E-state index contributed by atoms with van der Waals surface area (Å²) in [6.07, 6.45) is 2.01. The first-order valence-corrected chi connectivity index (χ1v) is 7.56. The van der Waals surface area contributed by atoms with Crippen LogP contribution in [-0.4, -0.2) is 29.5 Å². The molecule has 2 N–H and O–H groups in total. The monoisotopic (exact) mass is 267 g/mol. The number of rotatable bonds is 1. The van der Waals surface area contributed by atoms with Crippen molar-refractivity contribution in [2.45, 2.75) is 57.5 Å². The molecule has 1 aromatic rings. The number of aromatic nitrogens is 1. The molecule has 2 rings (SSSR count). The molecule has 1 aliphatic rings. The maximum Gasteiger partial charge on any atom is 0.113 e. The van der Waals surface area contributed by atoms with Gasteiger partial charge in [-0.3, -0.25) is 0 Å². The molecule has 1 fully saturated rings. The average Bonchev–Trinajstić information content (AvgIpc) is 2.73. The molecule has 0 saturated carbocycles. The fourth-order valence-corrected chi connectivity index (χ4v) is 3.62. The van der Waals surface area contributed by atoms with Crippen molar-refractivity contribution in [3.8, 4) is 0 Å². The SMILES string of the molecule is CC1CC(N)(c2nc(C(C)(C)C)cs2)CCN1C. The van der Waals surface area contributed by atoms with Gasteiger partial charge in [-0.15, -0.1) is 11.3 Å². The number of hydrogen-bond acceptors (Lipinski definition) is 4. The average molecular weight is 267 g/mol. The van der Waals surface area contributed by atoms with Crippen LogP contribution in [0.15, 0.2) is 5.38 Å². The van der Waals surface area contributed by atoms with Gasteiger partial charge in [-0.25, -0.2) is 4.98 Å². The molecule has 2 heterocycles. The summed E-state index contributed by atoms with van der Waals surface area (Å²) in [7, 11) is 2.17. The molecule has 0 aliphatic carbocycles. The Morgan fingerprint density at radius 1 is 1.50 bits per heavy atom. The van der Waals surface area contributed by atoms with Crippen LogP contribution in [0, 0.1) is 0 Å². The summed E-state index contributed by atoms with van der Waals surface area (Å²) in [6.45, 7) is 9.91. The third-order valence-electron chi connectivity index (χ3n) is 4.02. The van der Waals surface area contributed by atoms with Crippen molar-refractivity contribution in [3.05, 3.63) is 16.1 Å². The molecule has 102 valence electrons. The summed E-state index contributed by atoms with van der Waals surface area (Å²) >= 11 is 1.73. The van der Waals surface area contributed by atoms with Gasteiger partial charge in [0.15, 0.2) is 0 Å². The van der Waals surface area contributed by atoms with Crippen molar-refractivity contribution in [2.75, 3.05) is 13.6 Å². The highest BCUT2D eigenvalue weighted by molar-refractivity contribution is 7.09. The van der Waals surface area contributed by atoms with Gasteiger partial charge in [0.25, 0.3) is 0 Å². The van der Waals surface area contributed by atoms with E-state index in [2.05, 4.69) is 45.0 Å². The molecular weight excluding hydrogens is 242 g/mol. The van der Waals surface area contributed by atoms with E-state index in [4.69, 9.17) is 10.7 Å². The highest BCUT2D eigenvalue weighted by atomic mass is 32.1. The second kappa shape index (κ2) is 4.58. The predicted molar refractivity (Wildman–Crippen MR) is 78.0 cm³/mol. The fourth-order valence-electron chi connectivity index (χ4n) is 2.42. The van der Waals surface area contributed by atoms with Crippen molar-refractivity contribution >= 4 is 11.3 Å². The van der Waals surface area contributed by atoms with Crippen LogP contribution in [0.25, 0.3) is 0 Å². The lowest BCUT2D eigenvalue weighted by Crippen LogP contribution is -2.50. The van der Waals surface area contributed by atoms with Gasteiger partial charge in [-0.1, -0.05) is 20.8 Å². The molecule has 1 aromatic heterocycles. The van der Waals surface area contributed by atoms with Crippen molar-refractivity contribution in [3.63, 3.8) is 0 Å². The quantitative estimate of drug-likeness (QED) is 0.850. The molecule has 1 saturated heterocycles. The number of piperidine rings is 1. The highest BCUT2D eigenvalue weighted by Gasteiger charge is 2.37. The Morgan fingerprint density at radius 2 is 2.17 bits per heavy atom. The van der Waals surface area contributed by atoms with Crippen LogP contribution < -0.4 is 5.73 Å². The van der Waals surface area contributed by atoms with Gasteiger partial charge < -0.3 is 10.6 Å². The normalized spacial score (nSPS) is 30.7. The second-order valence-electron chi connectivity index (χ2n) is 6.73. The van der Waals surface area contributed by atoms with Crippen LogP contribution in [0.4, 0.5) is 0 Å². The summed E-state index contributed by atoms with van der Waals surface area (Å²) in [5.41, 5.74) is 7.67. The van der Waals surface area contributed by atoms with Crippen molar-refractivity contribution in [1.29, 1.82) is 0 Å². The van der Waals surface area contributed by atoms with Gasteiger partial charge in [0.1, 0.15) is 5.01 Å². The van der Waals surface area contributed by atoms with Gasteiger partial charge in [0.2, 0.25) is 0 Å². The summed E-state index contributed by atoms with van der Waals surface area (Å²) in [5.74, 6) is 0. The number of nitrogens with zero attached hydrogens (tertiary/aromatic N) is 2. The number of thiazole rings is 1. The topological polar surface area (TPSA) is 42.1 Å². The van der Waals surface area contributed by atoms with E-state index in [0.717, 1.165) is 24.4 Å². The maximum absolute atomic E-state index is 6.61. The largest absolute Gasteiger partial charge is 0.319 e. The molecule has 3 nitrogen and oxygen atoms in total. The van der Waals surface area contributed by atoms with E-state index in [0.29, 0.717) is 6.04 Å². The minimum absolute atomic E-state index is 0.113. The molecule has 18 heavy (non-hydrogen) atoms. The third kappa shape index (κ3) is 2.60. The van der Waals surface area contributed by atoms with Gasteiger partial charge >= 0.3 is 0 Å². The van der Waals surface area contributed by atoms with Gasteiger partial charge in [0, 0.05) is 23.4 Å². The van der Waals surface area contributed by atoms with Gasteiger partial charge in [-0.2, -0.15) is 0 Å². The number of nitrogens with two attached hydrogens (primary N) is 1. The zero-order chi connectivity index (χ0) is 13.6. The summed E-state index contributed by atoms with van der Waals surface area (Å²) in [5, 5.41) is 3.29. The molecule has 4 heteroatoms. The lowest BCUT2D eigenvalue weighted by molar-refractivity contribution is 0.131. The molecule has 0 bridgehead atoms. The lowest BCUT2D eigenvalue weighted by atomic mass is 9.85. The van der Waals surface area contributed by atoms with Crippen LogP contribution in [0.5, 0.6) is 0 Å².